The van der Waals surface area contributed by atoms with Crippen LogP contribution in [0.15, 0.2) is 32.3 Å². The second-order valence-corrected chi connectivity index (χ2v) is 4.93. The van der Waals surface area contributed by atoms with Gasteiger partial charge in [0.1, 0.15) is 0 Å². The molecular weight excluding hydrogens is 308 g/mol. The first-order valence-corrected chi connectivity index (χ1v) is 6.55. The van der Waals surface area contributed by atoms with E-state index in [1.165, 1.54) is 11.1 Å². The number of hydrogen-bond acceptors (Lipinski definition) is 4. The monoisotopic (exact) mass is 322 g/mol. The van der Waals surface area contributed by atoms with Gasteiger partial charge in [0.2, 0.25) is 0 Å². The number of rotatable bonds is 3. The Labute approximate surface area is 119 Å². The van der Waals surface area contributed by atoms with Gasteiger partial charge in [0.15, 0.2) is 18.1 Å². The number of allylic oxidation sites excluding steroid dienone is 1. The summed E-state index contributed by atoms with van der Waals surface area (Å²) in [5, 5.41) is 1.03. The minimum Gasteiger partial charge on any atom is -0.467 e. The van der Waals surface area contributed by atoms with Gasteiger partial charge in [-0.05, 0) is 47.1 Å². The molecule has 0 amide bonds. The molecule has 0 spiro atoms. The van der Waals surface area contributed by atoms with E-state index in [0.29, 0.717) is 0 Å². The van der Waals surface area contributed by atoms with E-state index in [0.717, 1.165) is 34.0 Å². The van der Waals surface area contributed by atoms with Crippen LogP contribution in [0.4, 0.5) is 0 Å². The van der Waals surface area contributed by atoms with Crippen molar-refractivity contribution in [1.82, 2.24) is 6.15 Å². The largest absolute Gasteiger partial charge is 0.467 e. The number of benzene rings is 1. The molecule has 1 aromatic heterocycles. The van der Waals surface area contributed by atoms with Crippen LogP contribution in [-0.2, 0) is 6.42 Å². The average molecular weight is 323 g/mol. The fourth-order valence-corrected chi connectivity index (χ4v) is 2.99. The van der Waals surface area contributed by atoms with E-state index in [4.69, 9.17) is 9.15 Å². The van der Waals surface area contributed by atoms with Crippen LogP contribution in [-0.4, -0.2) is 13.4 Å². The molecule has 0 bridgehead atoms. The summed E-state index contributed by atoms with van der Waals surface area (Å²) in [5.41, 5.74) is 3.13. The lowest BCUT2D eigenvalue weighted by molar-refractivity contribution is 0.327. The molecular formula is C14H15BrN2O2. The fraction of sp³-hybridized carbons (Fsp3) is 0.214. The molecule has 0 aliphatic heterocycles. The molecule has 0 atom stereocenters. The lowest BCUT2D eigenvalue weighted by Crippen LogP contribution is -2.03. The van der Waals surface area contributed by atoms with Crippen molar-refractivity contribution in [3.63, 3.8) is 0 Å². The number of aliphatic imine (C=N–C) groups is 1. The zero-order valence-electron chi connectivity index (χ0n) is 10.5. The SMILES string of the molecule is C=NCOc1c2c(c(Br)c3ccoc13)C=CCC2.N. The highest BCUT2D eigenvalue weighted by Crippen LogP contribution is 2.42. The normalized spacial score (nSPS) is 12.9. The predicted octanol–water partition coefficient (Wildman–Crippen LogP) is 4.35. The first kappa shape index (κ1) is 13.8. The number of hydrogen-bond donors (Lipinski definition) is 1. The minimum absolute atomic E-state index is 0. The summed E-state index contributed by atoms with van der Waals surface area (Å²) < 4.78 is 12.3. The van der Waals surface area contributed by atoms with E-state index < -0.39 is 0 Å². The fourth-order valence-electron chi connectivity index (χ4n) is 2.31. The van der Waals surface area contributed by atoms with Gasteiger partial charge in [-0.25, -0.2) is 0 Å². The Hall–Kier alpha value is -1.59. The quantitative estimate of drug-likeness (QED) is 0.854. The molecule has 3 N–H and O–H groups in total. The van der Waals surface area contributed by atoms with Gasteiger partial charge in [0.25, 0.3) is 0 Å². The lowest BCUT2D eigenvalue weighted by atomic mass is 9.95. The van der Waals surface area contributed by atoms with Gasteiger partial charge in [0, 0.05) is 15.4 Å². The number of halogens is 1. The van der Waals surface area contributed by atoms with Gasteiger partial charge < -0.3 is 15.3 Å². The smallest absolute Gasteiger partial charge is 0.178 e. The first-order chi connectivity index (χ1) is 8.83. The van der Waals surface area contributed by atoms with E-state index in [1.54, 1.807) is 6.26 Å². The average Bonchev–Trinajstić information content (AvgIpc) is 2.88. The van der Waals surface area contributed by atoms with Crippen molar-refractivity contribution in [2.75, 3.05) is 6.73 Å². The van der Waals surface area contributed by atoms with Crippen molar-refractivity contribution >= 4 is 39.7 Å². The third-order valence-corrected chi connectivity index (χ3v) is 3.94. The standard InChI is InChI=1S/C14H12BrNO2.H3N/c1-16-8-18-13-10-5-3-2-4-9(10)12(15)11-6-7-17-14(11)13;/h2,4,6-7H,1,3,5,8H2;1H3. The van der Waals surface area contributed by atoms with Gasteiger partial charge in [0.05, 0.1) is 6.26 Å². The summed E-state index contributed by atoms with van der Waals surface area (Å²) >= 11 is 3.65. The van der Waals surface area contributed by atoms with Crippen LogP contribution in [0.25, 0.3) is 17.0 Å². The van der Waals surface area contributed by atoms with E-state index in [1.807, 2.05) is 6.07 Å². The van der Waals surface area contributed by atoms with Gasteiger partial charge in [-0.3, -0.25) is 4.99 Å². The summed E-state index contributed by atoms with van der Waals surface area (Å²) in [6, 6.07) is 1.94. The summed E-state index contributed by atoms with van der Waals surface area (Å²) in [5.74, 6) is 0.796. The van der Waals surface area contributed by atoms with E-state index in [2.05, 4.69) is 39.8 Å². The van der Waals surface area contributed by atoms with Gasteiger partial charge in [-0.15, -0.1) is 0 Å². The molecule has 2 aromatic rings. The van der Waals surface area contributed by atoms with Gasteiger partial charge in [-0.2, -0.15) is 0 Å². The van der Waals surface area contributed by atoms with Crippen molar-refractivity contribution in [2.24, 2.45) is 4.99 Å². The lowest BCUT2D eigenvalue weighted by Gasteiger charge is -2.17. The Bertz CT molecular complexity index is 646. The van der Waals surface area contributed by atoms with Crippen LogP contribution in [0.3, 0.4) is 0 Å². The Kier molecular flexibility index (Phi) is 4.07. The van der Waals surface area contributed by atoms with Crippen LogP contribution < -0.4 is 10.9 Å². The third kappa shape index (κ3) is 2.19. The van der Waals surface area contributed by atoms with Crippen LogP contribution in [0.1, 0.15) is 17.5 Å². The highest BCUT2D eigenvalue weighted by Gasteiger charge is 2.21. The Morgan fingerprint density at radius 1 is 1.47 bits per heavy atom. The van der Waals surface area contributed by atoms with Crippen molar-refractivity contribution in [3.8, 4) is 5.75 Å². The van der Waals surface area contributed by atoms with E-state index in [9.17, 15) is 0 Å². The van der Waals surface area contributed by atoms with E-state index in [-0.39, 0.29) is 12.9 Å². The van der Waals surface area contributed by atoms with Crippen molar-refractivity contribution in [3.05, 3.63) is 34.0 Å². The van der Waals surface area contributed by atoms with Crippen LogP contribution in [0.5, 0.6) is 5.75 Å². The molecule has 1 aromatic carbocycles. The molecule has 1 aliphatic carbocycles. The second-order valence-electron chi connectivity index (χ2n) is 4.14. The number of ether oxygens (including phenoxy) is 1. The molecule has 4 nitrogen and oxygen atoms in total. The van der Waals surface area contributed by atoms with Crippen LogP contribution >= 0.6 is 15.9 Å². The summed E-state index contributed by atoms with van der Waals surface area (Å²) in [4.78, 5) is 3.75. The Balaban J connectivity index is 0.00000133. The molecule has 3 rings (SSSR count). The van der Waals surface area contributed by atoms with Crippen LogP contribution in [0, 0.1) is 0 Å². The summed E-state index contributed by atoms with van der Waals surface area (Å²) in [7, 11) is 0. The Morgan fingerprint density at radius 3 is 3.11 bits per heavy atom. The number of furan rings is 1. The highest BCUT2D eigenvalue weighted by molar-refractivity contribution is 9.10. The maximum absolute atomic E-state index is 5.70. The van der Waals surface area contributed by atoms with Crippen molar-refractivity contribution < 1.29 is 9.15 Å². The van der Waals surface area contributed by atoms with E-state index >= 15 is 0 Å². The molecule has 1 aliphatic rings. The number of fused-ring (bicyclic) bond motifs is 2. The maximum Gasteiger partial charge on any atom is 0.178 e. The molecule has 0 saturated heterocycles. The topological polar surface area (TPSA) is 69.7 Å². The van der Waals surface area contributed by atoms with Crippen molar-refractivity contribution in [1.29, 1.82) is 0 Å². The highest BCUT2D eigenvalue weighted by atomic mass is 79.9. The molecule has 19 heavy (non-hydrogen) atoms. The van der Waals surface area contributed by atoms with Gasteiger partial charge in [-0.1, -0.05) is 12.2 Å². The first-order valence-electron chi connectivity index (χ1n) is 5.76. The zero-order valence-corrected chi connectivity index (χ0v) is 12.1. The molecule has 0 unspecified atom stereocenters. The second kappa shape index (κ2) is 5.59. The molecule has 0 fully saturated rings. The third-order valence-electron chi connectivity index (χ3n) is 3.09. The molecule has 0 radical (unpaired) electrons. The van der Waals surface area contributed by atoms with Crippen LogP contribution in [0.2, 0.25) is 0 Å². The van der Waals surface area contributed by atoms with Crippen molar-refractivity contribution in [2.45, 2.75) is 12.8 Å². The molecule has 100 valence electrons. The summed E-state index contributed by atoms with van der Waals surface area (Å²) in [6.07, 6.45) is 7.95. The maximum atomic E-state index is 5.70. The summed E-state index contributed by atoms with van der Waals surface area (Å²) in [6.45, 7) is 3.69. The predicted molar refractivity (Wildman–Crippen MR) is 81.3 cm³/mol. The minimum atomic E-state index is 0. The van der Waals surface area contributed by atoms with Gasteiger partial charge >= 0.3 is 0 Å². The number of nitrogens with zero attached hydrogens (tertiary/aromatic N) is 1. The molecule has 0 saturated carbocycles. The molecule has 5 heteroatoms. The Morgan fingerprint density at radius 2 is 2.32 bits per heavy atom. The molecule has 1 heterocycles. The zero-order chi connectivity index (χ0) is 12.5.